The highest BCUT2D eigenvalue weighted by atomic mass is 16.7. The van der Waals surface area contributed by atoms with E-state index in [0.29, 0.717) is 5.92 Å². The van der Waals surface area contributed by atoms with Crippen molar-refractivity contribution in [1.29, 1.82) is 0 Å². The predicted molar refractivity (Wildman–Crippen MR) is 119 cm³/mol. The molecule has 0 spiro atoms. The first-order chi connectivity index (χ1) is 13.3. The van der Waals surface area contributed by atoms with Crippen LogP contribution in [0, 0.1) is 5.92 Å². The van der Waals surface area contributed by atoms with Gasteiger partial charge >= 0.3 is 7.12 Å². The fourth-order valence-electron chi connectivity index (χ4n) is 3.61. The summed E-state index contributed by atoms with van der Waals surface area (Å²) in [5, 5.41) is 0. The lowest BCUT2D eigenvalue weighted by Crippen LogP contribution is -2.41. The Morgan fingerprint density at radius 1 is 0.893 bits per heavy atom. The Hall–Kier alpha value is -0.995. The second-order valence-corrected chi connectivity index (χ2v) is 9.33. The Morgan fingerprint density at radius 3 is 2.18 bits per heavy atom. The minimum Gasteiger partial charge on any atom is -0.493 e. The van der Waals surface area contributed by atoms with Crippen molar-refractivity contribution in [3.63, 3.8) is 0 Å². The van der Waals surface area contributed by atoms with Gasteiger partial charge in [0.1, 0.15) is 5.75 Å². The first-order valence-corrected chi connectivity index (χ1v) is 11.4. The summed E-state index contributed by atoms with van der Waals surface area (Å²) >= 11 is 0. The lowest BCUT2D eigenvalue weighted by atomic mass is 9.79. The highest BCUT2D eigenvalue weighted by Crippen LogP contribution is 2.36. The highest BCUT2D eigenvalue weighted by Gasteiger charge is 2.51. The Kier molecular flexibility index (Phi) is 8.89. The van der Waals surface area contributed by atoms with Crippen LogP contribution in [-0.2, 0) is 9.31 Å². The first-order valence-electron chi connectivity index (χ1n) is 11.4. The Labute approximate surface area is 173 Å². The maximum atomic E-state index is 6.22. The Morgan fingerprint density at radius 2 is 1.54 bits per heavy atom. The number of hydrogen-bond acceptors (Lipinski definition) is 3. The van der Waals surface area contributed by atoms with Crippen LogP contribution in [0.1, 0.15) is 92.9 Å². The van der Waals surface area contributed by atoms with Crippen molar-refractivity contribution in [1.82, 2.24) is 0 Å². The summed E-state index contributed by atoms with van der Waals surface area (Å²) < 4.78 is 18.6. The minimum atomic E-state index is -0.335. The number of ether oxygens (including phenoxy) is 1. The largest absolute Gasteiger partial charge is 0.494 e. The number of hydrogen-bond donors (Lipinski definition) is 0. The van der Waals surface area contributed by atoms with Gasteiger partial charge in [-0.1, -0.05) is 64.5 Å². The molecule has 0 aliphatic carbocycles. The average Bonchev–Trinajstić information content (AvgIpc) is 2.88. The monoisotopic (exact) mass is 388 g/mol. The third-order valence-electron chi connectivity index (χ3n) is 6.30. The third-order valence-corrected chi connectivity index (χ3v) is 6.30. The number of rotatable bonds is 12. The quantitative estimate of drug-likeness (QED) is 0.318. The van der Waals surface area contributed by atoms with Gasteiger partial charge in [-0.25, -0.2) is 0 Å². The standard InChI is InChI=1S/C24H41BO3/c1-7-9-11-12-15-20(14-10-8-2)19-26-22-17-13-16-21(18-22)25-27-23(3,4)24(5,6)28-25/h13,16-18,20H,7-12,14-15,19H2,1-6H3. The van der Waals surface area contributed by atoms with Gasteiger partial charge in [-0.15, -0.1) is 0 Å². The van der Waals surface area contributed by atoms with Gasteiger partial charge in [0, 0.05) is 0 Å². The second-order valence-electron chi connectivity index (χ2n) is 9.33. The van der Waals surface area contributed by atoms with E-state index in [1.165, 1.54) is 51.4 Å². The van der Waals surface area contributed by atoms with E-state index in [4.69, 9.17) is 14.0 Å². The maximum Gasteiger partial charge on any atom is 0.494 e. The molecule has 1 fully saturated rings. The molecule has 0 saturated carbocycles. The summed E-state index contributed by atoms with van der Waals surface area (Å²) in [6, 6.07) is 8.23. The molecule has 0 N–H and O–H groups in total. The maximum absolute atomic E-state index is 6.22. The first kappa shape index (κ1) is 23.3. The lowest BCUT2D eigenvalue weighted by molar-refractivity contribution is 0.00578. The molecule has 1 atom stereocenters. The topological polar surface area (TPSA) is 27.7 Å². The highest BCUT2D eigenvalue weighted by molar-refractivity contribution is 6.62. The van der Waals surface area contributed by atoms with Crippen molar-refractivity contribution in [2.75, 3.05) is 6.61 Å². The van der Waals surface area contributed by atoms with E-state index in [-0.39, 0.29) is 18.3 Å². The molecular weight excluding hydrogens is 347 g/mol. The van der Waals surface area contributed by atoms with Gasteiger partial charge in [0.2, 0.25) is 0 Å². The molecule has 0 aromatic heterocycles. The van der Waals surface area contributed by atoms with Gasteiger partial charge in [0.25, 0.3) is 0 Å². The van der Waals surface area contributed by atoms with Crippen LogP contribution in [0.2, 0.25) is 0 Å². The van der Waals surface area contributed by atoms with Crippen molar-refractivity contribution in [2.45, 2.75) is 104 Å². The van der Waals surface area contributed by atoms with Crippen molar-refractivity contribution in [3.8, 4) is 5.75 Å². The molecule has 28 heavy (non-hydrogen) atoms. The summed E-state index contributed by atoms with van der Waals surface area (Å²) in [7, 11) is -0.335. The SMILES string of the molecule is CCCCCCC(CCCC)COc1cccc(B2OC(C)(C)C(C)(C)O2)c1. The fourth-order valence-corrected chi connectivity index (χ4v) is 3.61. The van der Waals surface area contributed by atoms with E-state index in [9.17, 15) is 0 Å². The molecule has 1 heterocycles. The molecule has 0 bridgehead atoms. The summed E-state index contributed by atoms with van der Waals surface area (Å²) in [6.07, 6.45) is 10.4. The zero-order valence-corrected chi connectivity index (χ0v) is 19.1. The molecule has 2 rings (SSSR count). The predicted octanol–water partition coefficient (Wildman–Crippen LogP) is 6.14. The summed E-state index contributed by atoms with van der Waals surface area (Å²) in [5.41, 5.74) is 0.389. The number of benzene rings is 1. The Bertz CT molecular complexity index is 569. The molecule has 1 aromatic carbocycles. The van der Waals surface area contributed by atoms with Crippen molar-refractivity contribution in [2.24, 2.45) is 5.92 Å². The molecule has 1 saturated heterocycles. The van der Waals surface area contributed by atoms with Crippen LogP contribution >= 0.6 is 0 Å². The van der Waals surface area contributed by atoms with Crippen LogP contribution in [0.15, 0.2) is 24.3 Å². The van der Waals surface area contributed by atoms with E-state index in [0.717, 1.165) is 17.8 Å². The normalized spacial score (nSPS) is 19.0. The zero-order valence-electron chi connectivity index (χ0n) is 19.1. The van der Waals surface area contributed by atoms with Crippen molar-refractivity contribution >= 4 is 12.6 Å². The van der Waals surface area contributed by atoms with Crippen molar-refractivity contribution < 1.29 is 14.0 Å². The second kappa shape index (κ2) is 10.7. The van der Waals surface area contributed by atoms with Gasteiger partial charge in [-0.2, -0.15) is 0 Å². The van der Waals surface area contributed by atoms with Crippen LogP contribution in [0.25, 0.3) is 0 Å². The van der Waals surface area contributed by atoms with Gasteiger partial charge < -0.3 is 14.0 Å². The zero-order chi connectivity index (χ0) is 20.6. The van der Waals surface area contributed by atoms with Crippen LogP contribution in [0.5, 0.6) is 5.75 Å². The fraction of sp³-hybridized carbons (Fsp3) is 0.750. The minimum absolute atomic E-state index is 0.321. The van der Waals surface area contributed by atoms with Crippen LogP contribution < -0.4 is 10.2 Å². The van der Waals surface area contributed by atoms with Crippen LogP contribution in [-0.4, -0.2) is 24.9 Å². The smallest absolute Gasteiger partial charge is 0.493 e. The summed E-state index contributed by atoms with van der Waals surface area (Å²) in [6.45, 7) is 13.7. The van der Waals surface area contributed by atoms with E-state index in [2.05, 4.69) is 53.7 Å². The van der Waals surface area contributed by atoms with Gasteiger partial charge in [-0.3, -0.25) is 0 Å². The van der Waals surface area contributed by atoms with Gasteiger partial charge in [-0.05, 0) is 64.1 Å². The lowest BCUT2D eigenvalue weighted by Gasteiger charge is -2.32. The molecular formula is C24H41BO3. The average molecular weight is 388 g/mol. The molecule has 158 valence electrons. The van der Waals surface area contributed by atoms with Gasteiger partial charge in [0.05, 0.1) is 17.8 Å². The van der Waals surface area contributed by atoms with E-state index < -0.39 is 0 Å². The molecule has 1 unspecified atom stereocenters. The van der Waals surface area contributed by atoms with Crippen molar-refractivity contribution in [3.05, 3.63) is 24.3 Å². The Balaban J connectivity index is 1.93. The molecule has 3 nitrogen and oxygen atoms in total. The molecule has 0 radical (unpaired) electrons. The molecule has 4 heteroatoms. The third kappa shape index (κ3) is 6.52. The molecule has 1 aliphatic heterocycles. The van der Waals surface area contributed by atoms with Gasteiger partial charge in [0.15, 0.2) is 0 Å². The van der Waals surface area contributed by atoms with E-state index in [1.807, 2.05) is 12.1 Å². The van der Waals surface area contributed by atoms with Crippen LogP contribution in [0.4, 0.5) is 0 Å². The number of unbranched alkanes of at least 4 members (excludes halogenated alkanes) is 4. The molecule has 1 aliphatic rings. The van der Waals surface area contributed by atoms with Crippen LogP contribution in [0.3, 0.4) is 0 Å². The summed E-state index contributed by atoms with van der Waals surface area (Å²) in [5.74, 6) is 1.57. The summed E-state index contributed by atoms with van der Waals surface area (Å²) in [4.78, 5) is 0. The molecule has 1 aromatic rings. The van der Waals surface area contributed by atoms with E-state index in [1.54, 1.807) is 0 Å². The van der Waals surface area contributed by atoms with E-state index >= 15 is 0 Å². The molecule has 0 amide bonds.